The van der Waals surface area contributed by atoms with Crippen LogP contribution in [0.1, 0.15) is 23.4 Å². The van der Waals surface area contributed by atoms with E-state index in [-0.39, 0.29) is 5.91 Å². The molecule has 0 saturated carbocycles. The molecule has 1 aliphatic heterocycles. The van der Waals surface area contributed by atoms with E-state index in [1.807, 2.05) is 30.0 Å². The van der Waals surface area contributed by atoms with Gasteiger partial charge in [0.25, 0.3) is 0 Å². The first kappa shape index (κ1) is 17.2. The molecule has 0 radical (unpaired) electrons. The van der Waals surface area contributed by atoms with Gasteiger partial charge in [0.05, 0.1) is 12.2 Å². The minimum atomic E-state index is 0.241. The van der Waals surface area contributed by atoms with Gasteiger partial charge in [-0.25, -0.2) is 0 Å². The third-order valence-corrected chi connectivity index (χ3v) is 4.79. The first-order valence-corrected chi connectivity index (χ1v) is 9.06. The van der Waals surface area contributed by atoms with Gasteiger partial charge in [0.15, 0.2) is 5.76 Å². The highest BCUT2D eigenvalue weighted by Crippen LogP contribution is 2.14. The first-order valence-electron chi connectivity index (χ1n) is 8.27. The van der Waals surface area contributed by atoms with E-state index in [9.17, 15) is 4.79 Å². The number of carbonyl (C=O) groups is 1. The van der Waals surface area contributed by atoms with E-state index in [2.05, 4.69) is 38.1 Å². The number of aromatic nitrogens is 1. The Morgan fingerprint density at radius 1 is 1.25 bits per heavy atom. The summed E-state index contributed by atoms with van der Waals surface area (Å²) < 4.78 is 6.32. The Hall–Kier alpha value is -1.66. The van der Waals surface area contributed by atoms with Crippen molar-refractivity contribution in [1.82, 2.24) is 15.0 Å². The number of halogens is 1. The SMILES string of the molecule is Cc1cc(CN2CCN(C(=O)CCc3cccc(Br)c3)CC2)on1. The standard InChI is InChI=1S/C18H22BrN3O2/c1-14-11-17(24-20-14)13-21-7-9-22(10-8-21)18(23)6-5-15-3-2-4-16(19)12-15/h2-4,11-12H,5-10,13H2,1H3. The van der Waals surface area contributed by atoms with Crippen LogP contribution in [0.3, 0.4) is 0 Å². The zero-order valence-corrected chi connectivity index (χ0v) is 15.5. The van der Waals surface area contributed by atoms with Crippen LogP contribution in [-0.4, -0.2) is 47.0 Å². The van der Waals surface area contributed by atoms with Crippen molar-refractivity contribution in [3.8, 4) is 0 Å². The van der Waals surface area contributed by atoms with Gasteiger partial charge in [0.1, 0.15) is 0 Å². The maximum Gasteiger partial charge on any atom is 0.222 e. The summed E-state index contributed by atoms with van der Waals surface area (Å²) in [6.45, 7) is 6.01. The summed E-state index contributed by atoms with van der Waals surface area (Å²) in [5, 5.41) is 3.92. The second kappa shape index (κ2) is 7.94. The van der Waals surface area contributed by atoms with Crippen molar-refractivity contribution < 1.29 is 9.32 Å². The number of rotatable bonds is 5. The van der Waals surface area contributed by atoms with E-state index in [1.165, 1.54) is 5.56 Å². The Balaban J connectivity index is 1.43. The first-order chi connectivity index (χ1) is 11.6. The van der Waals surface area contributed by atoms with Crippen LogP contribution in [0.2, 0.25) is 0 Å². The molecule has 0 spiro atoms. The predicted molar refractivity (Wildman–Crippen MR) is 95.6 cm³/mol. The van der Waals surface area contributed by atoms with Crippen LogP contribution in [0.4, 0.5) is 0 Å². The fourth-order valence-corrected chi connectivity index (χ4v) is 3.42. The average molecular weight is 392 g/mol. The number of hydrogen-bond acceptors (Lipinski definition) is 4. The molecule has 1 aromatic heterocycles. The molecule has 3 rings (SSSR count). The molecule has 1 aliphatic rings. The van der Waals surface area contributed by atoms with E-state index >= 15 is 0 Å². The van der Waals surface area contributed by atoms with Crippen LogP contribution < -0.4 is 0 Å². The number of piperazine rings is 1. The third-order valence-electron chi connectivity index (χ3n) is 4.30. The zero-order chi connectivity index (χ0) is 16.9. The molecule has 1 aromatic carbocycles. The molecule has 128 valence electrons. The van der Waals surface area contributed by atoms with Gasteiger partial charge in [-0.05, 0) is 31.0 Å². The van der Waals surface area contributed by atoms with E-state index in [0.29, 0.717) is 6.42 Å². The van der Waals surface area contributed by atoms with E-state index in [0.717, 1.165) is 55.1 Å². The van der Waals surface area contributed by atoms with Gasteiger partial charge in [-0.15, -0.1) is 0 Å². The minimum Gasteiger partial charge on any atom is -0.360 e. The monoisotopic (exact) mass is 391 g/mol. The van der Waals surface area contributed by atoms with Gasteiger partial charge in [0.2, 0.25) is 5.91 Å². The summed E-state index contributed by atoms with van der Waals surface area (Å²) in [6, 6.07) is 10.1. The lowest BCUT2D eigenvalue weighted by Gasteiger charge is -2.34. The average Bonchev–Trinajstić information content (AvgIpc) is 2.98. The lowest BCUT2D eigenvalue weighted by atomic mass is 10.1. The molecule has 5 nitrogen and oxygen atoms in total. The number of nitrogens with zero attached hydrogens (tertiary/aromatic N) is 3. The molecule has 0 bridgehead atoms. The lowest BCUT2D eigenvalue weighted by molar-refractivity contribution is -0.133. The van der Waals surface area contributed by atoms with Crippen molar-refractivity contribution in [3.05, 3.63) is 51.8 Å². The van der Waals surface area contributed by atoms with E-state index < -0.39 is 0 Å². The molecule has 2 aromatic rings. The maximum absolute atomic E-state index is 12.4. The third kappa shape index (κ3) is 4.68. The predicted octanol–water partition coefficient (Wildman–Crippen LogP) is 3.02. The molecular formula is C18H22BrN3O2. The van der Waals surface area contributed by atoms with E-state index in [4.69, 9.17) is 4.52 Å². The second-order valence-electron chi connectivity index (χ2n) is 6.22. The van der Waals surface area contributed by atoms with Gasteiger partial charge in [-0.2, -0.15) is 0 Å². The Labute approximate surface area is 150 Å². The summed E-state index contributed by atoms with van der Waals surface area (Å²) in [5.41, 5.74) is 2.10. The normalized spacial score (nSPS) is 15.7. The van der Waals surface area contributed by atoms with Crippen molar-refractivity contribution in [3.63, 3.8) is 0 Å². The van der Waals surface area contributed by atoms with Gasteiger partial charge in [0, 0.05) is 43.1 Å². The molecular weight excluding hydrogens is 370 g/mol. The zero-order valence-electron chi connectivity index (χ0n) is 13.9. The Morgan fingerprint density at radius 3 is 2.71 bits per heavy atom. The topological polar surface area (TPSA) is 49.6 Å². The Bertz CT molecular complexity index is 693. The van der Waals surface area contributed by atoms with Crippen LogP contribution >= 0.6 is 15.9 Å². The lowest BCUT2D eigenvalue weighted by Crippen LogP contribution is -2.48. The molecule has 0 unspecified atom stereocenters. The number of hydrogen-bond donors (Lipinski definition) is 0. The highest BCUT2D eigenvalue weighted by Gasteiger charge is 2.21. The van der Waals surface area contributed by atoms with Gasteiger partial charge in [-0.3, -0.25) is 9.69 Å². The maximum atomic E-state index is 12.4. The smallest absolute Gasteiger partial charge is 0.222 e. The van der Waals surface area contributed by atoms with Crippen LogP contribution in [0.15, 0.2) is 39.3 Å². The quantitative estimate of drug-likeness (QED) is 0.785. The fourth-order valence-electron chi connectivity index (χ4n) is 2.97. The molecule has 0 N–H and O–H groups in total. The van der Waals surface area contributed by atoms with Crippen LogP contribution in [-0.2, 0) is 17.8 Å². The molecule has 24 heavy (non-hydrogen) atoms. The fraction of sp³-hybridized carbons (Fsp3) is 0.444. The van der Waals surface area contributed by atoms with Gasteiger partial charge < -0.3 is 9.42 Å². The highest BCUT2D eigenvalue weighted by molar-refractivity contribution is 9.10. The van der Waals surface area contributed by atoms with Crippen LogP contribution in [0.25, 0.3) is 0 Å². The molecule has 1 amide bonds. The second-order valence-corrected chi connectivity index (χ2v) is 7.14. The molecule has 2 heterocycles. The molecule has 0 atom stereocenters. The number of benzene rings is 1. The van der Waals surface area contributed by atoms with Crippen molar-refractivity contribution in [2.45, 2.75) is 26.3 Å². The minimum absolute atomic E-state index is 0.241. The summed E-state index contributed by atoms with van der Waals surface area (Å²) in [6.07, 6.45) is 1.35. The van der Waals surface area contributed by atoms with Crippen molar-refractivity contribution in [2.24, 2.45) is 0 Å². The molecule has 1 saturated heterocycles. The molecule has 0 aliphatic carbocycles. The summed E-state index contributed by atoms with van der Waals surface area (Å²) in [7, 11) is 0. The molecule has 6 heteroatoms. The van der Waals surface area contributed by atoms with Crippen molar-refractivity contribution in [2.75, 3.05) is 26.2 Å². The summed E-state index contributed by atoms with van der Waals surface area (Å²) in [5.74, 6) is 1.13. The van der Waals surface area contributed by atoms with Gasteiger partial charge in [-0.1, -0.05) is 33.2 Å². The Kier molecular flexibility index (Phi) is 5.68. The Morgan fingerprint density at radius 2 is 2.04 bits per heavy atom. The van der Waals surface area contributed by atoms with E-state index in [1.54, 1.807) is 0 Å². The molecule has 1 fully saturated rings. The van der Waals surface area contributed by atoms with Gasteiger partial charge >= 0.3 is 0 Å². The number of amides is 1. The van der Waals surface area contributed by atoms with Crippen LogP contribution in [0.5, 0.6) is 0 Å². The number of aryl methyl sites for hydroxylation is 2. The van der Waals surface area contributed by atoms with Crippen molar-refractivity contribution in [1.29, 1.82) is 0 Å². The van der Waals surface area contributed by atoms with Crippen LogP contribution in [0, 0.1) is 6.92 Å². The highest BCUT2D eigenvalue weighted by atomic mass is 79.9. The summed E-state index contributed by atoms with van der Waals surface area (Å²) in [4.78, 5) is 16.7. The van der Waals surface area contributed by atoms with Crippen molar-refractivity contribution >= 4 is 21.8 Å². The number of carbonyl (C=O) groups excluding carboxylic acids is 1. The summed E-state index contributed by atoms with van der Waals surface area (Å²) >= 11 is 3.47. The largest absolute Gasteiger partial charge is 0.360 e.